The Balaban J connectivity index is 1.97. The van der Waals surface area contributed by atoms with Crippen LogP contribution in [0.4, 0.5) is 16.0 Å². The second-order valence-electron chi connectivity index (χ2n) is 7.23. The largest absolute Gasteiger partial charge is 0.477 e. The summed E-state index contributed by atoms with van der Waals surface area (Å²) in [6.07, 6.45) is 0.822. The monoisotopic (exact) mass is 409 g/mol. The van der Waals surface area contributed by atoms with Gasteiger partial charge in [0.1, 0.15) is 17.0 Å². The van der Waals surface area contributed by atoms with Crippen molar-refractivity contribution in [3.8, 4) is 0 Å². The number of carboxylic acids is 1. The number of aromatic nitrogens is 2. The van der Waals surface area contributed by atoms with Crippen molar-refractivity contribution >= 4 is 39.6 Å². The molecule has 154 valence electrons. The first-order chi connectivity index (χ1) is 14.3. The van der Waals surface area contributed by atoms with Gasteiger partial charge in [0, 0.05) is 23.2 Å². The van der Waals surface area contributed by atoms with Crippen LogP contribution in [0.5, 0.6) is 0 Å². The maximum Gasteiger partial charge on any atom is 0.351 e. The van der Waals surface area contributed by atoms with E-state index in [9.17, 15) is 19.1 Å². The zero-order chi connectivity index (χ0) is 21.6. The predicted octanol–water partition coefficient (Wildman–Crippen LogP) is 5.00. The first-order valence-corrected chi connectivity index (χ1v) is 9.55. The molecule has 4 rings (SSSR count). The van der Waals surface area contributed by atoms with Crippen LogP contribution >= 0.6 is 0 Å². The van der Waals surface area contributed by atoms with E-state index < -0.39 is 11.6 Å². The number of anilines is 2. The molecule has 0 saturated heterocycles. The molecule has 0 aliphatic heterocycles. The normalized spacial score (nSPS) is 12.4. The lowest BCUT2D eigenvalue weighted by Gasteiger charge is -2.16. The summed E-state index contributed by atoms with van der Waals surface area (Å²) in [5.41, 5.74) is 1.41. The van der Waals surface area contributed by atoms with Gasteiger partial charge in [-0.2, -0.15) is 0 Å². The predicted molar refractivity (Wildman–Crippen MR) is 112 cm³/mol. The Morgan fingerprint density at radius 2 is 2.00 bits per heavy atom. The zero-order valence-electron chi connectivity index (χ0n) is 16.7. The highest BCUT2D eigenvalue weighted by Gasteiger charge is 2.21. The molecule has 0 aliphatic carbocycles. The van der Waals surface area contributed by atoms with Gasteiger partial charge in [0.25, 0.3) is 0 Å². The Bertz CT molecular complexity index is 1340. The Morgan fingerprint density at radius 3 is 2.63 bits per heavy atom. The van der Waals surface area contributed by atoms with Crippen LogP contribution in [-0.4, -0.2) is 20.6 Å². The second kappa shape index (κ2) is 7.29. The quantitative estimate of drug-likeness (QED) is 0.450. The Labute approximate surface area is 170 Å². The number of carboxylic acid groups (broad SMARTS) is 1. The van der Waals surface area contributed by atoms with E-state index in [1.165, 1.54) is 12.1 Å². The number of carbonyl (C=O) groups is 1. The van der Waals surface area contributed by atoms with Crippen molar-refractivity contribution in [3.05, 3.63) is 63.8 Å². The van der Waals surface area contributed by atoms with Gasteiger partial charge in [-0.1, -0.05) is 6.92 Å². The van der Waals surface area contributed by atoms with Crippen LogP contribution in [0, 0.1) is 12.7 Å². The fraction of sp³-hybridized carbons (Fsp3) is 0.227. The van der Waals surface area contributed by atoms with E-state index in [0.29, 0.717) is 33.7 Å². The molecule has 2 N–H and O–H groups in total. The number of halogens is 1. The van der Waals surface area contributed by atoms with Gasteiger partial charge >= 0.3 is 11.6 Å². The van der Waals surface area contributed by atoms with E-state index in [0.717, 1.165) is 11.9 Å². The molecular formula is C22H20FN3O4. The summed E-state index contributed by atoms with van der Waals surface area (Å²) in [6, 6.07) is 9.46. The van der Waals surface area contributed by atoms with Gasteiger partial charge in [-0.15, -0.1) is 0 Å². The van der Waals surface area contributed by atoms with Crippen LogP contribution < -0.4 is 10.9 Å². The lowest BCUT2D eigenvalue weighted by molar-refractivity contribution is 0.0691. The van der Waals surface area contributed by atoms with Crippen molar-refractivity contribution in [2.75, 3.05) is 5.32 Å². The molecule has 2 aromatic carbocycles. The fourth-order valence-corrected chi connectivity index (χ4v) is 3.57. The van der Waals surface area contributed by atoms with Gasteiger partial charge in [0.15, 0.2) is 0 Å². The molecule has 0 saturated carbocycles. The molecule has 1 atom stereocenters. The highest BCUT2D eigenvalue weighted by molar-refractivity contribution is 5.99. The van der Waals surface area contributed by atoms with Gasteiger partial charge in [-0.05, 0) is 56.2 Å². The maximum absolute atomic E-state index is 13.2. The van der Waals surface area contributed by atoms with Gasteiger partial charge in [-0.3, -0.25) is 0 Å². The smallest absolute Gasteiger partial charge is 0.351 e. The van der Waals surface area contributed by atoms with Crippen LogP contribution in [-0.2, 0) is 0 Å². The third-order valence-corrected chi connectivity index (χ3v) is 5.32. The van der Waals surface area contributed by atoms with Crippen LogP contribution in [0.1, 0.15) is 42.2 Å². The van der Waals surface area contributed by atoms with Crippen molar-refractivity contribution in [1.82, 2.24) is 9.55 Å². The number of nitrogens with zero attached hydrogens (tertiary/aromatic N) is 2. The van der Waals surface area contributed by atoms with Crippen LogP contribution in [0.3, 0.4) is 0 Å². The average Bonchev–Trinajstić information content (AvgIpc) is 3.04. The number of benzene rings is 2. The minimum atomic E-state index is -1.33. The first-order valence-electron chi connectivity index (χ1n) is 9.55. The zero-order valence-corrected chi connectivity index (χ0v) is 16.7. The molecule has 0 radical (unpaired) electrons. The molecule has 0 bridgehead atoms. The van der Waals surface area contributed by atoms with Crippen molar-refractivity contribution in [3.63, 3.8) is 0 Å². The summed E-state index contributed by atoms with van der Waals surface area (Å²) in [4.78, 5) is 28.3. The van der Waals surface area contributed by atoms with Gasteiger partial charge in [-0.25, -0.2) is 19.0 Å². The molecule has 4 aromatic rings. The molecule has 0 spiro atoms. The van der Waals surface area contributed by atoms with E-state index in [-0.39, 0.29) is 17.4 Å². The average molecular weight is 409 g/mol. The standard InChI is InChI=1S/C22H20FN3O4/c1-4-11(2)26-17-10-18-15(12(3)19(20(27)28)21(29)30-18)9-16(17)25-22(26)24-14-7-5-13(23)6-8-14/h5-11H,4H2,1-3H3,(H,24,25)(H,27,28). The Morgan fingerprint density at radius 1 is 1.30 bits per heavy atom. The molecular weight excluding hydrogens is 389 g/mol. The molecule has 7 nitrogen and oxygen atoms in total. The van der Waals surface area contributed by atoms with Crippen molar-refractivity contribution in [1.29, 1.82) is 0 Å². The van der Waals surface area contributed by atoms with Crippen LogP contribution in [0.15, 0.2) is 45.6 Å². The number of hydrogen-bond donors (Lipinski definition) is 2. The van der Waals surface area contributed by atoms with E-state index in [4.69, 9.17) is 4.42 Å². The molecule has 8 heteroatoms. The summed E-state index contributed by atoms with van der Waals surface area (Å²) in [5, 5.41) is 13.1. The summed E-state index contributed by atoms with van der Waals surface area (Å²) in [7, 11) is 0. The highest BCUT2D eigenvalue weighted by atomic mass is 19.1. The number of imidazole rings is 1. The third kappa shape index (κ3) is 3.20. The minimum absolute atomic E-state index is 0.0708. The topological polar surface area (TPSA) is 97.4 Å². The SMILES string of the molecule is CCC(C)n1c(Nc2ccc(F)cc2)nc2cc3c(C)c(C(=O)O)c(=O)oc3cc21. The van der Waals surface area contributed by atoms with Gasteiger partial charge in [0.2, 0.25) is 5.95 Å². The molecule has 1 unspecified atom stereocenters. The third-order valence-electron chi connectivity index (χ3n) is 5.32. The van der Waals surface area contributed by atoms with E-state index in [2.05, 4.69) is 10.3 Å². The molecule has 2 aromatic heterocycles. The molecule has 0 aliphatic rings. The lowest BCUT2D eigenvalue weighted by Crippen LogP contribution is -2.15. The summed E-state index contributed by atoms with van der Waals surface area (Å²) < 4.78 is 20.5. The Kier molecular flexibility index (Phi) is 4.77. The number of aromatic carboxylic acids is 1. The molecule has 2 heterocycles. The maximum atomic E-state index is 13.2. The summed E-state index contributed by atoms with van der Waals surface area (Å²) >= 11 is 0. The van der Waals surface area contributed by atoms with E-state index in [1.807, 2.05) is 18.4 Å². The molecule has 30 heavy (non-hydrogen) atoms. The number of nitrogens with one attached hydrogen (secondary N) is 1. The number of aryl methyl sites for hydroxylation is 1. The van der Waals surface area contributed by atoms with Crippen LogP contribution in [0.25, 0.3) is 22.0 Å². The Hall–Kier alpha value is -3.68. The number of fused-ring (bicyclic) bond motifs is 2. The molecule has 0 amide bonds. The van der Waals surface area contributed by atoms with Gasteiger partial charge < -0.3 is 19.4 Å². The number of rotatable bonds is 5. The number of hydrogen-bond acceptors (Lipinski definition) is 5. The van der Waals surface area contributed by atoms with Crippen molar-refractivity contribution < 1.29 is 18.7 Å². The van der Waals surface area contributed by atoms with E-state index in [1.54, 1.807) is 31.2 Å². The summed E-state index contributed by atoms with van der Waals surface area (Å²) in [6.45, 7) is 5.66. The van der Waals surface area contributed by atoms with Crippen molar-refractivity contribution in [2.45, 2.75) is 33.2 Å². The first kappa shape index (κ1) is 19.6. The fourth-order valence-electron chi connectivity index (χ4n) is 3.57. The highest BCUT2D eigenvalue weighted by Crippen LogP contribution is 2.32. The van der Waals surface area contributed by atoms with Crippen molar-refractivity contribution in [2.24, 2.45) is 0 Å². The van der Waals surface area contributed by atoms with Crippen LogP contribution in [0.2, 0.25) is 0 Å². The van der Waals surface area contributed by atoms with E-state index >= 15 is 0 Å². The second-order valence-corrected chi connectivity index (χ2v) is 7.23. The van der Waals surface area contributed by atoms with Gasteiger partial charge in [0.05, 0.1) is 11.0 Å². The summed E-state index contributed by atoms with van der Waals surface area (Å²) in [5.74, 6) is -1.10. The molecule has 0 fully saturated rings. The lowest BCUT2D eigenvalue weighted by atomic mass is 10.1. The minimum Gasteiger partial charge on any atom is -0.477 e.